The fourth-order valence-electron chi connectivity index (χ4n) is 2.70. The first-order valence-electron chi connectivity index (χ1n) is 4.13. The molecule has 74 valence electrons. The van der Waals surface area contributed by atoms with E-state index in [2.05, 4.69) is 4.37 Å². The number of epoxide rings is 2. The second-order valence-electron chi connectivity index (χ2n) is 3.96. The van der Waals surface area contributed by atoms with E-state index in [1.807, 2.05) is 0 Å². The molecule has 0 spiro atoms. The van der Waals surface area contributed by atoms with E-state index >= 15 is 0 Å². The second kappa shape index (κ2) is 1.77. The molecule has 0 aromatic heterocycles. The highest BCUT2D eigenvalue weighted by molar-refractivity contribution is 5.39. The minimum Gasteiger partial charge on any atom is -0.387 e. The highest BCUT2D eigenvalue weighted by Gasteiger charge is 3.12. The Bertz CT molecular complexity index is 268. The van der Waals surface area contributed by atoms with Gasteiger partial charge in [-0.05, 0) is 0 Å². The zero-order valence-electron chi connectivity index (χ0n) is 6.66. The van der Waals surface area contributed by atoms with Crippen LogP contribution in [0, 0.1) is 0 Å². The first-order chi connectivity index (χ1) is 6.02. The van der Waals surface area contributed by atoms with Crippen LogP contribution in [0.25, 0.3) is 0 Å². The second-order valence-corrected chi connectivity index (χ2v) is 3.96. The number of hydrogen-bond acceptors (Lipinski definition) is 5. The number of aliphatic hydroxyl groups is 5. The largest absolute Gasteiger partial charge is 0.387 e. The van der Waals surface area contributed by atoms with Gasteiger partial charge in [-0.15, -0.1) is 0 Å². The van der Waals surface area contributed by atoms with Crippen molar-refractivity contribution in [1.29, 1.82) is 0 Å². The molecule has 6 heteroatoms. The van der Waals surface area contributed by atoms with Crippen molar-refractivity contribution >= 4 is 0 Å². The van der Waals surface area contributed by atoms with Crippen molar-refractivity contribution in [2.75, 3.05) is 6.61 Å². The maximum absolute atomic E-state index is 9.59. The quantitative estimate of drug-likeness (QED) is 0.218. The summed E-state index contributed by atoms with van der Waals surface area (Å²) in [6.07, 6.45) is -4.49. The topological polar surface area (TPSA) is 104 Å². The van der Waals surface area contributed by atoms with Crippen molar-refractivity contribution in [2.45, 2.75) is 35.8 Å². The Morgan fingerprint density at radius 3 is 2.15 bits per heavy atom. The van der Waals surface area contributed by atoms with Crippen molar-refractivity contribution < 1.29 is 29.9 Å². The summed E-state index contributed by atoms with van der Waals surface area (Å²) in [6, 6.07) is 0. The van der Waals surface area contributed by atoms with Crippen molar-refractivity contribution in [1.82, 2.24) is 0 Å². The predicted molar refractivity (Wildman–Crippen MR) is 37.7 cm³/mol. The Kier molecular flexibility index (Phi) is 1.10. The molecule has 3 aliphatic rings. The van der Waals surface area contributed by atoms with Crippen LogP contribution in [0.2, 0.25) is 0 Å². The van der Waals surface area contributed by atoms with Gasteiger partial charge in [-0.25, -0.2) is 0 Å². The fourth-order valence-corrected chi connectivity index (χ4v) is 2.70. The van der Waals surface area contributed by atoms with E-state index < -0.39 is 35.8 Å². The zero-order chi connectivity index (χ0) is 9.59. The van der Waals surface area contributed by atoms with Crippen molar-refractivity contribution in [3.63, 3.8) is 0 Å². The van der Waals surface area contributed by atoms with Gasteiger partial charge in [-0.2, -0.15) is 0 Å². The van der Waals surface area contributed by atoms with Gasteiger partial charge in [0.05, 0.1) is 0 Å². The van der Waals surface area contributed by atoms with Gasteiger partial charge in [-0.1, -0.05) is 0 Å². The van der Waals surface area contributed by atoms with Gasteiger partial charge in [0.15, 0.2) is 12.2 Å². The molecule has 2 saturated heterocycles. The van der Waals surface area contributed by atoms with E-state index in [-0.39, 0.29) is 6.61 Å². The lowest BCUT2D eigenvalue weighted by atomic mass is 9.78. The molecule has 1 aliphatic carbocycles. The Morgan fingerprint density at radius 1 is 1.15 bits per heavy atom. The molecule has 2 aliphatic heterocycles. The average Bonchev–Trinajstić information content (AvgIpc) is 2.97. The van der Waals surface area contributed by atoms with E-state index in [4.69, 9.17) is 5.11 Å². The molecule has 3 fully saturated rings. The van der Waals surface area contributed by atoms with Crippen molar-refractivity contribution in [3.8, 4) is 0 Å². The molecule has 2 heterocycles. The summed E-state index contributed by atoms with van der Waals surface area (Å²) in [7, 11) is 0. The molecule has 6 nitrogen and oxygen atoms in total. The van der Waals surface area contributed by atoms with E-state index in [1.54, 1.807) is 0 Å². The van der Waals surface area contributed by atoms with Crippen molar-refractivity contribution in [3.05, 3.63) is 0 Å². The van der Waals surface area contributed by atoms with Crippen LogP contribution in [-0.2, 0) is 4.37 Å². The predicted octanol–water partition coefficient (Wildman–Crippen LogP) is -3.55. The first-order valence-corrected chi connectivity index (χ1v) is 4.13. The third kappa shape index (κ3) is 0.512. The van der Waals surface area contributed by atoms with Gasteiger partial charge in [0.25, 0.3) is 0 Å². The third-order valence-electron chi connectivity index (χ3n) is 3.52. The third-order valence-corrected chi connectivity index (χ3v) is 3.52. The first kappa shape index (κ1) is 8.10. The van der Waals surface area contributed by atoms with Crippen molar-refractivity contribution in [2.24, 2.45) is 0 Å². The van der Waals surface area contributed by atoms with Gasteiger partial charge >= 0.3 is 17.5 Å². The van der Waals surface area contributed by atoms with Crippen LogP contribution < -0.4 is 0 Å². The van der Waals surface area contributed by atoms with Crippen LogP contribution in [0.3, 0.4) is 0 Å². The summed E-state index contributed by atoms with van der Waals surface area (Å²) in [5.41, 5.74) is -0.979. The molecule has 0 bridgehead atoms. The van der Waals surface area contributed by atoms with Crippen LogP contribution in [0.4, 0.5) is 0 Å². The summed E-state index contributed by atoms with van der Waals surface area (Å²) in [4.78, 5) is 0. The standard InChI is InChI=1S/C7H11O6/c8-1-6-3(10)2(9)4(11)7(12)5(6)13(6)7/h2-5,8-12H,1H2/q+1/t2-,3-,4-,5+,6+,7-/m0/s1. The van der Waals surface area contributed by atoms with Gasteiger partial charge in [0.1, 0.15) is 12.7 Å². The maximum Gasteiger partial charge on any atom is 0.386 e. The monoisotopic (exact) mass is 191 g/mol. The van der Waals surface area contributed by atoms with Gasteiger partial charge in [0.2, 0.25) is 0 Å². The van der Waals surface area contributed by atoms with Crippen LogP contribution in [0.15, 0.2) is 0 Å². The van der Waals surface area contributed by atoms with Crippen LogP contribution in [0.5, 0.6) is 0 Å². The highest BCUT2D eigenvalue weighted by Crippen LogP contribution is 2.78. The molecule has 5 N–H and O–H groups in total. The molecule has 3 rings (SSSR count). The Balaban J connectivity index is 1.96. The van der Waals surface area contributed by atoms with E-state index in [0.717, 1.165) is 0 Å². The molecule has 0 aromatic rings. The number of fused-ring (bicyclic) bond motifs is 2. The van der Waals surface area contributed by atoms with Crippen LogP contribution in [0.1, 0.15) is 0 Å². The SMILES string of the molecule is OC[C@@]12[C@@H](O)[C@H](O)[C@H](O)[C@@]3(O)[C@@H]1[O+]32. The molecule has 0 aromatic carbocycles. The Hall–Kier alpha value is -0.240. The zero-order valence-corrected chi connectivity index (χ0v) is 6.66. The molecule has 0 amide bonds. The number of hydrogen-bond donors (Lipinski definition) is 5. The molecule has 13 heavy (non-hydrogen) atoms. The van der Waals surface area contributed by atoms with Gasteiger partial charge in [0, 0.05) is 0 Å². The van der Waals surface area contributed by atoms with Gasteiger partial charge < -0.3 is 29.9 Å². The minimum atomic E-state index is -1.48. The summed E-state index contributed by atoms with van der Waals surface area (Å²) in [5.74, 6) is -1.48. The number of aliphatic hydroxyl groups excluding tert-OH is 4. The molecule has 0 unspecified atom stereocenters. The molecule has 1 saturated carbocycles. The van der Waals surface area contributed by atoms with Gasteiger partial charge in [-0.3, -0.25) is 0 Å². The molecular weight excluding hydrogens is 180 g/mol. The smallest absolute Gasteiger partial charge is 0.386 e. The number of rotatable bonds is 1. The summed E-state index contributed by atoms with van der Waals surface area (Å²) in [6.45, 7) is -0.352. The maximum atomic E-state index is 9.59. The Morgan fingerprint density at radius 2 is 1.69 bits per heavy atom. The fraction of sp³-hybridized carbons (Fsp3) is 1.00. The summed E-state index contributed by atoms with van der Waals surface area (Å²) in [5, 5.41) is 46.7. The average molecular weight is 191 g/mol. The normalized spacial score (nSPS) is 69.0. The van der Waals surface area contributed by atoms with Crippen LogP contribution in [-0.4, -0.2) is 67.9 Å². The lowest BCUT2D eigenvalue weighted by Crippen LogP contribution is -2.69. The molecule has 0 radical (unpaired) electrons. The lowest BCUT2D eigenvalue weighted by molar-refractivity contribution is -0.301. The lowest BCUT2D eigenvalue weighted by Gasteiger charge is -2.36. The Labute approximate surface area is 73.3 Å². The van der Waals surface area contributed by atoms with E-state index in [9.17, 15) is 20.4 Å². The van der Waals surface area contributed by atoms with E-state index in [0.29, 0.717) is 0 Å². The highest BCUT2D eigenvalue weighted by atomic mass is 17.0. The van der Waals surface area contributed by atoms with Crippen LogP contribution >= 0.6 is 0 Å². The molecule has 6 atom stereocenters. The molecular formula is C7H11O6+. The van der Waals surface area contributed by atoms with E-state index in [1.165, 1.54) is 0 Å². The summed E-state index contributed by atoms with van der Waals surface area (Å²) >= 11 is 0. The summed E-state index contributed by atoms with van der Waals surface area (Å²) < 4.78 is 2.26. The minimum absolute atomic E-state index is 0.352.